The van der Waals surface area contributed by atoms with Crippen molar-refractivity contribution in [1.29, 1.82) is 0 Å². The first-order valence-corrected chi connectivity index (χ1v) is 2.35. The summed E-state index contributed by atoms with van der Waals surface area (Å²) in [4.78, 5) is 21.6. The van der Waals surface area contributed by atoms with E-state index in [1.165, 1.54) is 0 Å². The molecule has 0 aliphatic carbocycles. The number of hydrogen-bond donors (Lipinski definition) is 6. The summed E-state index contributed by atoms with van der Waals surface area (Å²) in [5.74, 6) is 0. The molecule has 0 aromatic carbocycles. The zero-order chi connectivity index (χ0) is 4.50. The quantitative estimate of drug-likeness (QED) is 0.100. The minimum Gasteiger partial charge on any atom is -2.00 e. The molecule has 0 saturated carbocycles. The van der Waals surface area contributed by atoms with Crippen LogP contribution in [0.25, 0.3) is 0 Å². The van der Waals surface area contributed by atoms with Crippen LogP contribution in [0.4, 0.5) is 0 Å². The SMILES string of the molecule is N.N.N.O.O.O.O.O.O.O.O.O.O.O.O.O=P(O)(O)O.[Mo+4].[Mo+4].[Mo+4].[Mo+4].[Mo+4].[Mo+4].[Mo+4].[Mo+4].[Mo+4].[Mo+4].[Mo+4].[Mo+4].[O-2].[O-2].[O-2].[O-2].[O-2].[O-2].[O-2].[O-2].[O-2].[O-2].[O-2].[O-2].[O-2].[O-2].[O-2].[O-2].[O-2].[O-2].[O-2].[O-2].[O-2].[O-2].[O-2].[O-2]. The van der Waals surface area contributed by atoms with Crippen molar-refractivity contribution < 1.29 is 469 Å². The van der Waals surface area contributed by atoms with E-state index in [-0.39, 0.29) is 468 Å². The Hall–Kier alpha value is 6.81. The van der Waals surface area contributed by atoms with E-state index in [0.717, 1.165) is 0 Å². The topological polar surface area (TPSA) is 1240 Å². The number of rotatable bonds is 0. The minimum absolute atomic E-state index is 0. The zero-order valence-electron chi connectivity index (χ0n) is 25.0. The van der Waals surface area contributed by atoms with Crippen LogP contribution in [0.5, 0.6) is 0 Å². The Morgan fingerprint density at radius 1 is 0.179 bits per heavy atom. The second kappa shape index (κ2) is 1390. The molecule has 0 aliphatic rings. The molecule has 0 saturated heterocycles. The van der Waals surface area contributed by atoms with Gasteiger partial charge in [-0.05, 0) is 0 Å². The van der Waals surface area contributed by atoms with Crippen molar-refractivity contribution in [2.24, 2.45) is 0 Å². The van der Waals surface area contributed by atoms with Crippen LogP contribution in [0.15, 0.2) is 0 Å². The van der Waals surface area contributed by atoms with Crippen LogP contribution in [0.2, 0.25) is 0 Å². The molecule has 56 heavy (non-hydrogen) atoms. The molecule has 0 spiro atoms. The third-order valence-electron chi connectivity index (χ3n) is 0. The Labute approximate surface area is 489 Å². The van der Waals surface area contributed by atoms with Crippen LogP contribution in [0.1, 0.15) is 0 Å². The molecule has 0 bridgehead atoms. The van der Waals surface area contributed by atoms with E-state index in [1.807, 2.05) is 0 Å². The Bertz CT molecular complexity index is 111. The summed E-state index contributed by atoms with van der Waals surface area (Å²) >= 11 is 0. The van der Waals surface area contributed by atoms with Gasteiger partial charge in [-0.25, -0.2) is 4.57 Å². The largest absolute Gasteiger partial charge is 4.00 e. The second-order valence-electron chi connectivity index (χ2n) is 0.513. The molecule has 368 valence electrons. The average molecular weight is 1900 g/mol. The molecule has 0 aliphatic heterocycles. The predicted molar refractivity (Wildman–Crippen MR) is 89.2 cm³/mol. The summed E-state index contributed by atoms with van der Waals surface area (Å²) in [7, 11) is -4.64. The van der Waals surface area contributed by atoms with E-state index in [2.05, 4.69) is 0 Å². The van der Waals surface area contributed by atoms with Gasteiger partial charge in [0.1, 0.15) is 0 Å². The summed E-state index contributed by atoms with van der Waals surface area (Å²) in [6, 6.07) is 0. The third kappa shape index (κ3) is 4690. The Balaban J connectivity index is -0.0000000000627. The summed E-state index contributed by atoms with van der Waals surface area (Å²) in [5, 5.41) is 0. The van der Waals surface area contributed by atoms with Gasteiger partial charge >= 0.3 is 261 Å². The van der Waals surface area contributed by atoms with E-state index in [1.54, 1.807) is 0 Å². The fraction of sp³-hybridized carbons (Fsp3) is 0. The van der Waals surface area contributed by atoms with E-state index in [4.69, 9.17) is 19.2 Å². The van der Waals surface area contributed by atoms with Crippen molar-refractivity contribution >= 4 is 7.82 Å². The summed E-state index contributed by atoms with van der Waals surface area (Å²) in [5.41, 5.74) is 0. The molecule has 36 N–H and O–H groups in total. The summed E-state index contributed by atoms with van der Waals surface area (Å²) in [6.07, 6.45) is 0. The van der Waals surface area contributed by atoms with Crippen LogP contribution in [-0.2, 0) is 389 Å². The smallest absolute Gasteiger partial charge is 2.00 e. The summed E-state index contributed by atoms with van der Waals surface area (Å²) < 4.78 is 8.88. The predicted octanol–water partition coefficient (Wildman–Crippen LogP) is -13.2. The standard InChI is InChI=1S/12Mo.3H3N.H3O4P.12H2O.24O/c;;;;;;;;;;;;;;;1-5(2,3)4;;;;;;;;;;;;;;;;;;;;;;;;;;;;;;;;;;;;/h;;;;;;;;;;;;3*1H3;(H3,1,2,3,4);12*1H2;;;;;;;;;;;;;;;;;;;;;;;;/q12*+4;;;;;;;;;;;;;;;;;24*-2. The van der Waals surface area contributed by atoms with Gasteiger partial charge in [0, 0.05) is 0 Å². The van der Waals surface area contributed by atoms with Crippen molar-refractivity contribution in [3.05, 3.63) is 0 Å². The van der Waals surface area contributed by atoms with Gasteiger partial charge in [-0.3, -0.25) is 0 Å². The van der Waals surface area contributed by atoms with Gasteiger partial charge in [0.05, 0.1) is 0 Å². The Morgan fingerprint density at radius 3 is 0.179 bits per heavy atom. The van der Waals surface area contributed by atoms with Crippen LogP contribution in [0.3, 0.4) is 0 Å². The fourth-order valence-corrected chi connectivity index (χ4v) is 0. The molecule has 0 atom stereocenters. The summed E-state index contributed by atoms with van der Waals surface area (Å²) in [6.45, 7) is 0. The molecule has 0 heterocycles. The average Bonchev–Trinajstić information content (AvgIpc) is 0.722. The maximum atomic E-state index is 8.88. The monoisotopic (exact) mass is 1920 g/mol. The van der Waals surface area contributed by atoms with Gasteiger partial charge in [-0.15, -0.1) is 0 Å². The van der Waals surface area contributed by atoms with Crippen LogP contribution < -0.4 is 18.5 Å². The normalized spacial score (nSPS) is 1.05. The molecule has 0 aromatic heterocycles. The van der Waals surface area contributed by atoms with Crippen molar-refractivity contribution in [3.63, 3.8) is 0 Å². The van der Waals surface area contributed by atoms with Crippen molar-refractivity contribution in [2.75, 3.05) is 0 Å². The first kappa shape index (κ1) is 2050. The molecule has 0 radical (unpaired) electrons. The van der Waals surface area contributed by atoms with E-state index < -0.39 is 7.82 Å². The van der Waals surface area contributed by atoms with Crippen molar-refractivity contribution in [2.45, 2.75) is 0 Å². The van der Waals surface area contributed by atoms with Gasteiger partial charge < -0.3 is 230 Å². The van der Waals surface area contributed by atoms with Crippen LogP contribution in [0, 0.1) is 0 Å². The number of hydrogen-bond acceptors (Lipinski definition) is 4. The first-order chi connectivity index (χ1) is 2.00. The first-order valence-electron chi connectivity index (χ1n) is 0.783. The number of phosphoric acid groups is 1. The molecular weight excluding hydrogens is 1860 g/mol. The van der Waals surface area contributed by atoms with Gasteiger partial charge in [-0.1, -0.05) is 0 Å². The maximum absolute atomic E-state index is 8.88. The molecular formula is H36Mo12N3O40P. The second-order valence-corrected chi connectivity index (χ2v) is 1.54. The van der Waals surface area contributed by atoms with Crippen LogP contribution in [-0.4, -0.2) is 80.4 Å². The van der Waals surface area contributed by atoms with Crippen molar-refractivity contribution in [1.82, 2.24) is 18.5 Å². The van der Waals surface area contributed by atoms with Gasteiger partial charge in [0.2, 0.25) is 0 Å². The van der Waals surface area contributed by atoms with Gasteiger partial charge in [0.25, 0.3) is 0 Å². The van der Waals surface area contributed by atoms with Crippen molar-refractivity contribution in [3.8, 4) is 0 Å². The van der Waals surface area contributed by atoms with Gasteiger partial charge in [0.15, 0.2) is 0 Å². The molecule has 0 rings (SSSR count). The van der Waals surface area contributed by atoms with E-state index in [9.17, 15) is 0 Å². The molecule has 0 amide bonds. The maximum Gasteiger partial charge on any atom is 4.00 e. The zero-order valence-corrected chi connectivity index (χ0v) is 50.0. The van der Waals surface area contributed by atoms with Gasteiger partial charge in [-0.2, -0.15) is 0 Å². The minimum atomic E-state index is -4.64. The molecule has 0 aromatic rings. The third-order valence-corrected chi connectivity index (χ3v) is 0. The molecule has 56 heteroatoms. The van der Waals surface area contributed by atoms with E-state index >= 15 is 0 Å². The molecule has 0 unspecified atom stereocenters. The fourth-order valence-electron chi connectivity index (χ4n) is 0. The Morgan fingerprint density at radius 2 is 0.179 bits per heavy atom. The Kier molecular flexibility index (Phi) is 51100. The molecule has 0 fully saturated rings. The molecule has 43 nitrogen and oxygen atoms in total. The van der Waals surface area contributed by atoms with E-state index in [0.29, 0.717) is 0 Å². The van der Waals surface area contributed by atoms with Crippen LogP contribution >= 0.6 is 7.82 Å².